The Hall–Kier alpha value is -1.63. The number of furan rings is 1. The first kappa shape index (κ1) is 15.9. The number of amides is 1. The van der Waals surface area contributed by atoms with Crippen LogP contribution in [-0.4, -0.2) is 37.1 Å². The number of hydrogen-bond donors (Lipinski definition) is 1. The fourth-order valence-electron chi connectivity index (χ4n) is 3.85. The zero-order valence-corrected chi connectivity index (χ0v) is 14.3. The van der Waals surface area contributed by atoms with E-state index in [0.29, 0.717) is 25.0 Å². The molecule has 1 N–H and O–H groups in total. The molecule has 6 heteroatoms. The van der Waals surface area contributed by atoms with E-state index in [1.54, 1.807) is 17.6 Å². The molecule has 1 amide bonds. The van der Waals surface area contributed by atoms with Crippen LogP contribution in [0.4, 0.5) is 0 Å². The lowest BCUT2D eigenvalue weighted by Crippen LogP contribution is -2.44. The van der Waals surface area contributed by atoms with Gasteiger partial charge < -0.3 is 14.5 Å². The average Bonchev–Trinajstić information content (AvgIpc) is 3.33. The summed E-state index contributed by atoms with van der Waals surface area (Å²) in [5.74, 6) is 1.64. The number of fused-ring (bicyclic) bond motifs is 1. The number of likely N-dealkylation sites (tertiary alicyclic amines) is 1. The van der Waals surface area contributed by atoms with E-state index < -0.39 is 0 Å². The summed E-state index contributed by atoms with van der Waals surface area (Å²) in [5.41, 5.74) is 1.36. The lowest BCUT2D eigenvalue weighted by molar-refractivity contribution is -0.133. The molecular formula is C18H22N2O3S. The van der Waals surface area contributed by atoms with Gasteiger partial charge in [-0.25, -0.2) is 0 Å². The number of hydrogen-bond acceptors (Lipinski definition) is 5. The molecule has 128 valence electrons. The quantitative estimate of drug-likeness (QED) is 0.903. The molecule has 4 rings (SSSR count). The van der Waals surface area contributed by atoms with Crippen LogP contribution >= 0.6 is 11.3 Å². The van der Waals surface area contributed by atoms with E-state index in [4.69, 9.17) is 9.15 Å². The lowest BCUT2D eigenvalue weighted by Gasteiger charge is -2.31. The standard InChI is InChI=1S/C18H22N2O3S/c21-18(19-6-15-2-1-4-23-15)17-11-22-10-14-8-20(9-16(14)17)7-13-3-5-24-12-13/h1-5,12,14,16-17H,6-11H2,(H,19,21)/t14-,16-,17+/m1/s1. The van der Waals surface area contributed by atoms with E-state index in [2.05, 4.69) is 27.0 Å². The van der Waals surface area contributed by atoms with Crippen molar-refractivity contribution in [1.82, 2.24) is 10.2 Å². The van der Waals surface area contributed by atoms with Gasteiger partial charge in [-0.3, -0.25) is 9.69 Å². The van der Waals surface area contributed by atoms with Gasteiger partial charge in [-0.2, -0.15) is 11.3 Å². The third-order valence-electron chi connectivity index (χ3n) is 5.05. The maximum Gasteiger partial charge on any atom is 0.226 e. The molecule has 0 aromatic carbocycles. The molecule has 2 aliphatic rings. The highest BCUT2D eigenvalue weighted by Gasteiger charge is 2.43. The Morgan fingerprint density at radius 2 is 2.29 bits per heavy atom. The number of thiophene rings is 1. The zero-order valence-electron chi connectivity index (χ0n) is 13.5. The maximum atomic E-state index is 12.6. The van der Waals surface area contributed by atoms with Gasteiger partial charge in [0.05, 0.1) is 31.9 Å². The first-order valence-corrected chi connectivity index (χ1v) is 9.35. The van der Waals surface area contributed by atoms with Gasteiger partial charge in [-0.1, -0.05) is 0 Å². The normalized spacial score (nSPS) is 27.1. The van der Waals surface area contributed by atoms with Gasteiger partial charge in [0.25, 0.3) is 0 Å². The van der Waals surface area contributed by atoms with Crippen LogP contribution in [0.2, 0.25) is 0 Å². The van der Waals surface area contributed by atoms with Crippen molar-refractivity contribution in [2.75, 3.05) is 26.3 Å². The van der Waals surface area contributed by atoms with Crippen LogP contribution in [0.25, 0.3) is 0 Å². The van der Waals surface area contributed by atoms with Crippen molar-refractivity contribution in [1.29, 1.82) is 0 Å². The predicted octanol–water partition coefficient (Wildman–Crippen LogP) is 2.35. The number of nitrogens with one attached hydrogen (secondary N) is 1. The van der Waals surface area contributed by atoms with E-state index >= 15 is 0 Å². The van der Waals surface area contributed by atoms with Gasteiger partial charge in [-0.05, 0) is 46.4 Å². The number of ether oxygens (including phenoxy) is 1. The minimum atomic E-state index is -0.0637. The van der Waals surface area contributed by atoms with Gasteiger partial charge in [0.15, 0.2) is 0 Å². The van der Waals surface area contributed by atoms with Crippen molar-refractivity contribution in [3.05, 3.63) is 46.5 Å². The maximum absolute atomic E-state index is 12.6. The molecule has 0 bridgehead atoms. The molecule has 2 fully saturated rings. The second-order valence-electron chi connectivity index (χ2n) is 6.69. The molecule has 24 heavy (non-hydrogen) atoms. The fourth-order valence-corrected chi connectivity index (χ4v) is 4.51. The Balaban J connectivity index is 1.36. The summed E-state index contributed by atoms with van der Waals surface area (Å²) >= 11 is 1.73. The van der Waals surface area contributed by atoms with E-state index in [1.807, 2.05) is 12.1 Å². The first-order valence-electron chi connectivity index (χ1n) is 8.41. The minimum absolute atomic E-state index is 0.0637. The van der Waals surface area contributed by atoms with Crippen molar-refractivity contribution in [3.63, 3.8) is 0 Å². The highest BCUT2D eigenvalue weighted by molar-refractivity contribution is 7.07. The summed E-state index contributed by atoms with van der Waals surface area (Å²) in [6.07, 6.45) is 1.63. The van der Waals surface area contributed by atoms with Crippen LogP contribution in [0.5, 0.6) is 0 Å². The monoisotopic (exact) mass is 346 g/mol. The molecule has 0 radical (unpaired) electrons. The molecule has 4 heterocycles. The Morgan fingerprint density at radius 1 is 1.33 bits per heavy atom. The summed E-state index contributed by atoms with van der Waals surface area (Å²) < 4.78 is 11.0. The smallest absolute Gasteiger partial charge is 0.226 e. The summed E-state index contributed by atoms with van der Waals surface area (Å²) in [7, 11) is 0. The second kappa shape index (κ2) is 7.09. The third-order valence-corrected chi connectivity index (χ3v) is 5.79. The Morgan fingerprint density at radius 3 is 3.08 bits per heavy atom. The number of carbonyl (C=O) groups is 1. The molecule has 0 unspecified atom stereocenters. The van der Waals surface area contributed by atoms with Crippen molar-refractivity contribution in [2.45, 2.75) is 13.1 Å². The molecule has 5 nitrogen and oxygen atoms in total. The van der Waals surface area contributed by atoms with Crippen LogP contribution < -0.4 is 5.32 Å². The molecule has 2 saturated heterocycles. The highest BCUT2D eigenvalue weighted by Crippen LogP contribution is 2.35. The van der Waals surface area contributed by atoms with E-state index in [1.165, 1.54) is 5.56 Å². The summed E-state index contributed by atoms with van der Waals surface area (Å²) in [4.78, 5) is 15.1. The van der Waals surface area contributed by atoms with Gasteiger partial charge in [-0.15, -0.1) is 0 Å². The largest absolute Gasteiger partial charge is 0.467 e. The molecule has 2 aromatic rings. The van der Waals surface area contributed by atoms with Gasteiger partial charge in [0.1, 0.15) is 5.76 Å². The van der Waals surface area contributed by atoms with Crippen LogP contribution in [0, 0.1) is 17.8 Å². The van der Waals surface area contributed by atoms with Crippen LogP contribution in [0.3, 0.4) is 0 Å². The van der Waals surface area contributed by atoms with Crippen LogP contribution in [-0.2, 0) is 22.6 Å². The highest BCUT2D eigenvalue weighted by atomic mass is 32.1. The lowest BCUT2D eigenvalue weighted by atomic mass is 9.82. The molecular weight excluding hydrogens is 324 g/mol. The molecule has 0 aliphatic carbocycles. The third kappa shape index (κ3) is 3.41. The summed E-state index contributed by atoms with van der Waals surface area (Å²) in [6.45, 7) is 4.70. The average molecular weight is 346 g/mol. The second-order valence-corrected chi connectivity index (χ2v) is 7.47. The first-order chi connectivity index (χ1) is 11.8. The Labute approximate surface area is 145 Å². The van der Waals surface area contributed by atoms with Crippen molar-refractivity contribution in [2.24, 2.45) is 17.8 Å². The Bertz CT molecular complexity index is 656. The predicted molar refractivity (Wildman–Crippen MR) is 91.4 cm³/mol. The molecule has 2 aromatic heterocycles. The number of rotatable bonds is 5. The van der Waals surface area contributed by atoms with Crippen LogP contribution in [0.15, 0.2) is 39.6 Å². The topological polar surface area (TPSA) is 54.7 Å². The fraction of sp³-hybridized carbons (Fsp3) is 0.500. The van der Waals surface area contributed by atoms with Crippen molar-refractivity contribution >= 4 is 17.2 Å². The SMILES string of the molecule is O=C(NCc1ccco1)[C@H]1COC[C@H]2CN(Cc3ccsc3)C[C@H]21. The number of carbonyl (C=O) groups excluding carboxylic acids is 1. The molecule has 0 spiro atoms. The van der Waals surface area contributed by atoms with E-state index in [9.17, 15) is 4.79 Å². The van der Waals surface area contributed by atoms with E-state index in [-0.39, 0.29) is 11.8 Å². The summed E-state index contributed by atoms with van der Waals surface area (Å²) in [5, 5.41) is 7.32. The van der Waals surface area contributed by atoms with Gasteiger partial charge in [0, 0.05) is 19.6 Å². The van der Waals surface area contributed by atoms with Crippen LogP contribution in [0.1, 0.15) is 11.3 Å². The molecule has 2 aliphatic heterocycles. The van der Waals surface area contributed by atoms with E-state index in [0.717, 1.165) is 32.0 Å². The van der Waals surface area contributed by atoms with Gasteiger partial charge in [0.2, 0.25) is 5.91 Å². The van der Waals surface area contributed by atoms with Crippen molar-refractivity contribution < 1.29 is 13.9 Å². The van der Waals surface area contributed by atoms with Crippen molar-refractivity contribution in [3.8, 4) is 0 Å². The Kier molecular flexibility index (Phi) is 4.69. The van der Waals surface area contributed by atoms with Gasteiger partial charge >= 0.3 is 0 Å². The summed E-state index contributed by atoms with van der Waals surface area (Å²) in [6, 6.07) is 5.88. The molecule has 3 atom stereocenters. The molecule has 0 saturated carbocycles. The minimum Gasteiger partial charge on any atom is -0.467 e. The zero-order chi connectivity index (χ0) is 16.4. The number of nitrogens with zero attached hydrogens (tertiary/aromatic N) is 1.